The average molecular weight is 594 g/mol. The zero-order valence-corrected chi connectivity index (χ0v) is 26.4. The highest BCUT2D eigenvalue weighted by Crippen LogP contribution is 2.42. The Balaban J connectivity index is 1.20. The largest absolute Gasteiger partial charge is 0.495 e. The number of hydrogen-bond donors (Lipinski definition) is 2. The quantitative estimate of drug-likeness (QED) is 0.224. The Bertz CT molecular complexity index is 1570. The lowest BCUT2D eigenvalue weighted by molar-refractivity contribution is 0.262. The molecule has 6 rings (SSSR count). The molecule has 0 unspecified atom stereocenters. The number of rotatable bonds is 7. The zero-order chi connectivity index (χ0) is 29.8. The molecule has 1 aliphatic carbocycles. The molecule has 5 nitrogen and oxygen atoms in total. The Hall–Kier alpha value is -3.48. The van der Waals surface area contributed by atoms with E-state index in [0.29, 0.717) is 16.7 Å². The Morgan fingerprint density at radius 3 is 2.28 bits per heavy atom. The van der Waals surface area contributed by atoms with Crippen molar-refractivity contribution in [1.82, 2.24) is 4.90 Å². The van der Waals surface area contributed by atoms with E-state index in [4.69, 9.17) is 4.74 Å². The molecule has 0 bridgehead atoms. The number of carbonyl (C=O) groups is 1. The normalized spacial score (nSPS) is 17.5. The summed E-state index contributed by atoms with van der Waals surface area (Å²) in [5.74, 6) is 0.663. The van der Waals surface area contributed by atoms with Crippen LogP contribution in [0.15, 0.2) is 83.8 Å². The number of urea groups is 1. The van der Waals surface area contributed by atoms with E-state index in [9.17, 15) is 4.79 Å². The van der Waals surface area contributed by atoms with Crippen LogP contribution in [0.25, 0.3) is 21.9 Å². The summed E-state index contributed by atoms with van der Waals surface area (Å²) in [4.78, 5) is 17.1. The topological polar surface area (TPSA) is 53.6 Å². The molecule has 2 aliphatic rings. The fourth-order valence-corrected chi connectivity index (χ4v) is 7.87. The highest BCUT2D eigenvalue weighted by molar-refractivity contribution is 8.00. The highest BCUT2D eigenvalue weighted by Gasteiger charge is 2.29. The van der Waals surface area contributed by atoms with Gasteiger partial charge in [0.05, 0.1) is 18.5 Å². The summed E-state index contributed by atoms with van der Waals surface area (Å²) < 4.78 is 5.62. The lowest BCUT2D eigenvalue weighted by Gasteiger charge is -2.34. The monoisotopic (exact) mass is 593 g/mol. The zero-order valence-electron chi connectivity index (χ0n) is 25.6. The van der Waals surface area contributed by atoms with Crippen molar-refractivity contribution in [3.63, 3.8) is 0 Å². The average Bonchev–Trinajstić information content (AvgIpc) is 3.03. The molecule has 224 valence electrons. The smallest absolute Gasteiger partial charge is 0.323 e. The van der Waals surface area contributed by atoms with Crippen LogP contribution < -0.4 is 15.4 Å². The SMILES string of the molecule is COc1ccc(C2(C)CCCCC2)cc1NC(=O)Nc1ccc(-c2ccc(SC3CCN(C)CC3)cc2)c2ccccc12. The van der Waals surface area contributed by atoms with Gasteiger partial charge in [-0.15, -0.1) is 11.8 Å². The summed E-state index contributed by atoms with van der Waals surface area (Å²) >= 11 is 2.01. The van der Waals surface area contributed by atoms with Crippen LogP contribution in [0.2, 0.25) is 0 Å². The summed E-state index contributed by atoms with van der Waals surface area (Å²) in [6, 6.07) is 27.3. The Labute approximate surface area is 260 Å². The van der Waals surface area contributed by atoms with Crippen LogP contribution in [0.4, 0.5) is 16.2 Å². The van der Waals surface area contributed by atoms with Crippen molar-refractivity contribution < 1.29 is 9.53 Å². The number of anilines is 2. The molecule has 43 heavy (non-hydrogen) atoms. The number of nitrogens with one attached hydrogen (secondary N) is 2. The lowest BCUT2D eigenvalue weighted by Crippen LogP contribution is -2.31. The molecule has 2 fully saturated rings. The summed E-state index contributed by atoms with van der Waals surface area (Å²) in [5.41, 5.74) is 5.20. The van der Waals surface area contributed by atoms with E-state index < -0.39 is 0 Å². The molecule has 1 heterocycles. The highest BCUT2D eigenvalue weighted by atomic mass is 32.2. The molecular formula is C37H43N3O2S. The van der Waals surface area contributed by atoms with Gasteiger partial charge in [-0.25, -0.2) is 4.79 Å². The van der Waals surface area contributed by atoms with Gasteiger partial charge in [0.15, 0.2) is 0 Å². The maximum atomic E-state index is 13.4. The van der Waals surface area contributed by atoms with Gasteiger partial charge in [-0.3, -0.25) is 0 Å². The fourth-order valence-electron chi connectivity index (χ4n) is 6.75. The molecule has 0 radical (unpaired) electrons. The van der Waals surface area contributed by atoms with E-state index in [2.05, 4.69) is 90.2 Å². The number of ether oxygens (including phenoxy) is 1. The number of amides is 2. The van der Waals surface area contributed by atoms with Gasteiger partial charge in [0.25, 0.3) is 0 Å². The van der Waals surface area contributed by atoms with Crippen LogP contribution in [0, 0.1) is 0 Å². The molecule has 0 spiro atoms. The fraction of sp³-hybridized carbons (Fsp3) is 0.378. The molecule has 4 aromatic carbocycles. The summed E-state index contributed by atoms with van der Waals surface area (Å²) in [6.07, 6.45) is 8.62. The van der Waals surface area contributed by atoms with E-state index in [-0.39, 0.29) is 11.4 Å². The maximum Gasteiger partial charge on any atom is 0.323 e. The number of piperidine rings is 1. The van der Waals surface area contributed by atoms with Crippen molar-refractivity contribution in [2.24, 2.45) is 0 Å². The first-order chi connectivity index (χ1) is 20.9. The molecule has 1 aliphatic heterocycles. The first-order valence-electron chi connectivity index (χ1n) is 15.7. The molecule has 0 aromatic heterocycles. The predicted molar refractivity (Wildman–Crippen MR) is 182 cm³/mol. The molecule has 6 heteroatoms. The van der Waals surface area contributed by atoms with Crippen molar-refractivity contribution in [2.45, 2.75) is 67.4 Å². The second-order valence-electron chi connectivity index (χ2n) is 12.5. The van der Waals surface area contributed by atoms with Crippen LogP contribution in [0.5, 0.6) is 5.75 Å². The molecule has 4 aromatic rings. The van der Waals surface area contributed by atoms with E-state index in [1.54, 1.807) is 7.11 Å². The van der Waals surface area contributed by atoms with Crippen LogP contribution in [-0.2, 0) is 5.41 Å². The Morgan fingerprint density at radius 2 is 1.56 bits per heavy atom. The van der Waals surface area contributed by atoms with Gasteiger partial charge >= 0.3 is 6.03 Å². The van der Waals surface area contributed by atoms with E-state index >= 15 is 0 Å². The first-order valence-corrected chi connectivity index (χ1v) is 16.5. The maximum absolute atomic E-state index is 13.4. The van der Waals surface area contributed by atoms with Gasteiger partial charge in [-0.05, 0) is 104 Å². The molecule has 2 N–H and O–H groups in total. The van der Waals surface area contributed by atoms with Crippen molar-refractivity contribution in [1.29, 1.82) is 0 Å². The third-order valence-corrected chi connectivity index (χ3v) is 10.8. The second-order valence-corrected chi connectivity index (χ2v) is 13.8. The van der Waals surface area contributed by atoms with Crippen LogP contribution in [0.3, 0.4) is 0 Å². The summed E-state index contributed by atoms with van der Waals surface area (Å²) in [6.45, 7) is 4.70. The Kier molecular flexibility index (Phi) is 8.96. The van der Waals surface area contributed by atoms with Gasteiger partial charge in [0.1, 0.15) is 5.75 Å². The van der Waals surface area contributed by atoms with Gasteiger partial charge in [0.2, 0.25) is 0 Å². The number of carbonyl (C=O) groups excluding carboxylic acids is 1. The number of methoxy groups -OCH3 is 1. The molecular weight excluding hydrogens is 550 g/mol. The third-order valence-electron chi connectivity index (χ3n) is 9.41. The van der Waals surface area contributed by atoms with Crippen molar-refractivity contribution in [3.8, 4) is 16.9 Å². The molecule has 1 saturated heterocycles. The number of nitrogens with zero attached hydrogens (tertiary/aromatic N) is 1. The molecule has 2 amide bonds. The van der Waals surface area contributed by atoms with Crippen molar-refractivity contribution in [3.05, 3.63) is 84.4 Å². The number of likely N-dealkylation sites (tertiary alicyclic amines) is 1. The van der Waals surface area contributed by atoms with Crippen molar-refractivity contribution >= 4 is 39.9 Å². The van der Waals surface area contributed by atoms with Gasteiger partial charge in [-0.2, -0.15) is 0 Å². The van der Waals surface area contributed by atoms with Gasteiger partial charge in [0, 0.05) is 15.5 Å². The minimum absolute atomic E-state index is 0.132. The van der Waals surface area contributed by atoms with E-state index in [0.717, 1.165) is 22.0 Å². The number of benzene rings is 4. The van der Waals surface area contributed by atoms with Gasteiger partial charge in [-0.1, -0.05) is 74.7 Å². The summed E-state index contributed by atoms with van der Waals surface area (Å²) in [5, 5.41) is 9.01. The number of fused-ring (bicyclic) bond motifs is 1. The number of hydrogen-bond acceptors (Lipinski definition) is 4. The summed E-state index contributed by atoms with van der Waals surface area (Å²) in [7, 11) is 3.85. The number of thioether (sulfide) groups is 1. The third kappa shape index (κ3) is 6.71. The van der Waals surface area contributed by atoms with E-state index in [1.165, 1.54) is 74.1 Å². The minimum atomic E-state index is -0.280. The predicted octanol–water partition coefficient (Wildman–Crippen LogP) is 9.57. The molecule has 0 atom stereocenters. The van der Waals surface area contributed by atoms with Crippen LogP contribution >= 0.6 is 11.8 Å². The van der Waals surface area contributed by atoms with E-state index in [1.807, 2.05) is 30.0 Å². The van der Waals surface area contributed by atoms with Crippen LogP contribution in [0.1, 0.15) is 57.4 Å². The van der Waals surface area contributed by atoms with Gasteiger partial charge < -0.3 is 20.3 Å². The second kappa shape index (κ2) is 13.0. The first kappa shape index (κ1) is 29.6. The Morgan fingerprint density at radius 1 is 0.860 bits per heavy atom. The van der Waals surface area contributed by atoms with Crippen LogP contribution in [-0.4, -0.2) is 43.4 Å². The minimum Gasteiger partial charge on any atom is -0.495 e. The standard InChI is InChI=1S/C37H43N3O2S/c1-37(21-7-4-8-22-37)27-13-18-35(42-3)34(25-27)39-36(41)38-33-17-16-30(31-9-5-6-10-32(31)33)26-11-14-28(15-12-26)43-29-19-23-40(2)24-20-29/h5-6,9-18,25,29H,4,7-8,19-24H2,1-3H3,(H2,38,39,41). The van der Waals surface area contributed by atoms with Crippen molar-refractivity contribution in [2.75, 3.05) is 37.9 Å². The lowest BCUT2D eigenvalue weighted by atomic mass is 9.71. The molecule has 1 saturated carbocycles.